The maximum absolute atomic E-state index is 14.2. The van der Waals surface area contributed by atoms with Gasteiger partial charge in [0.05, 0.1) is 11.5 Å². The molecule has 4 fully saturated rings. The second kappa shape index (κ2) is 6.91. The number of carbonyl (C=O) groups excluding carboxylic acids is 1. The molecule has 186 valence electrons. The Bertz CT molecular complexity index is 1300. The largest absolute Gasteiger partial charge is 0.504 e. The van der Waals surface area contributed by atoms with Gasteiger partial charge in [0.2, 0.25) is 0 Å². The summed E-state index contributed by atoms with van der Waals surface area (Å²) in [4.78, 5) is 18.6. The number of phenols is 1. The van der Waals surface area contributed by atoms with Crippen LogP contribution in [0.25, 0.3) is 0 Å². The van der Waals surface area contributed by atoms with Crippen molar-refractivity contribution in [2.24, 2.45) is 5.92 Å². The lowest BCUT2D eigenvalue weighted by molar-refractivity contribution is -0.259. The van der Waals surface area contributed by atoms with Gasteiger partial charge in [-0.2, -0.15) is 0 Å². The van der Waals surface area contributed by atoms with Gasteiger partial charge in [-0.15, -0.1) is 6.58 Å². The van der Waals surface area contributed by atoms with Gasteiger partial charge < -0.3 is 24.2 Å². The molecule has 36 heavy (non-hydrogen) atoms. The lowest BCUT2D eigenvalue weighted by atomic mass is 9.45. The highest BCUT2D eigenvalue weighted by Crippen LogP contribution is 2.74. The van der Waals surface area contributed by atoms with Crippen LogP contribution in [0.15, 0.2) is 55.1 Å². The highest BCUT2D eigenvalue weighted by molar-refractivity contribution is 5.87. The molecule has 3 saturated heterocycles. The fraction of sp³-hybridized carbons (Fsp3) is 0.483. The molecule has 1 spiro atoms. The molecule has 2 aromatic rings. The van der Waals surface area contributed by atoms with Crippen LogP contribution in [0.2, 0.25) is 0 Å². The summed E-state index contributed by atoms with van der Waals surface area (Å²) in [5, 5.41) is 10.9. The summed E-state index contributed by atoms with van der Waals surface area (Å²) < 4.78 is 20.0. The standard InChI is InChI=1S/C29H30N2O5/c1-2-13-30-14-12-27-22-19-8-9-20(32)23(22)34-17-35-29-11-10-28(27,21(30)15-19)36-24(25(27)29)26(33)31(29)16-18-6-4-3-5-7-18/h2-9,21,24-25,32H,1,10-17H2/t21?,24-,25?,27?,28?,29?/m0/s1. The molecule has 1 saturated carbocycles. The molecule has 4 aliphatic heterocycles. The monoisotopic (exact) mass is 486 g/mol. The fourth-order valence-electron chi connectivity index (χ4n) is 9.07. The molecule has 6 aliphatic rings. The number of rotatable bonds is 4. The van der Waals surface area contributed by atoms with Crippen molar-refractivity contribution in [3.05, 3.63) is 71.8 Å². The predicted octanol–water partition coefficient (Wildman–Crippen LogP) is 3.10. The van der Waals surface area contributed by atoms with Crippen LogP contribution in [0.5, 0.6) is 11.5 Å². The first kappa shape index (κ1) is 21.2. The van der Waals surface area contributed by atoms with Crippen LogP contribution in [0.1, 0.15) is 36.0 Å². The van der Waals surface area contributed by atoms with Crippen molar-refractivity contribution in [2.45, 2.75) is 61.1 Å². The van der Waals surface area contributed by atoms with E-state index in [0.717, 1.165) is 43.5 Å². The molecule has 7 heteroatoms. The van der Waals surface area contributed by atoms with E-state index < -0.39 is 22.8 Å². The van der Waals surface area contributed by atoms with E-state index in [1.807, 2.05) is 35.2 Å². The van der Waals surface area contributed by atoms with E-state index in [2.05, 4.69) is 23.6 Å². The van der Waals surface area contributed by atoms with Crippen molar-refractivity contribution < 1.29 is 24.1 Å². The number of hydrogen-bond donors (Lipinski definition) is 1. The van der Waals surface area contributed by atoms with Gasteiger partial charge in [-0.05, 0) is 49.4 Å². The molecule has 2 aliphatic carbocycles. The Balaban J connectivity index is 1.38. The average Bonchev–Trinajstić information content (AvgIpc) is 3.25. The van der Waals surface area contributed by atoms with Gasteiger partial charge in [-0.3, -0.25) is 9.69 Å². The molecule has 2 aromatic carbocycles. The quantitative estimate of drug-likeness (QED) is 0.670. The summed E-state index contributed by atoms with van der Waals surface area (Å²) in [6, 6.07) is 14.0. The second-order valence-corrected chi connectivity index (χ2v) is 11.2. The Labute approximate surface area is 210 Å². The number of likely N-dealkylation sites (tertiary alicyclic amines) is 2. The van der Waals surface area contributed by atoms with Crippen LogP contribution in [0, 0.1) is 5.92 Å². The summed E-state index contributed by atoms with van der Waals surface area (Å²) in [5.74, 6) is 0.500. The zero-order valence-corrected chi connectivity index (χ0v) is 20.2. The number of nitrogens with zero attached hydrogens (tertiary/aromatic N) is 2. The SMILES string of the molecule is C=CCN1CCC23c4c5ccc(O)c4OCOC46CCC2(O[C@H](C(=O)N4Cc2ccccc2)C63)C1C5. The lowest BCUT2D eigenvalue weighted by Crippen LogP contribution is -2.76. The third-order valence-corrected chi connectivity index (χ3v) is 10.1. The summed E-state index contributed by atoms with van der Waals surface area (Å²) in [6.07, 6.45) is 4.53. The summed E-state index contributed by atoms with van der Waals surface area (Å²) in [5.41, 5.74) is 1.52. The molecule has 0 aromatic heterocycles. The molecule has 0 radical (unpaired) electrons. The first-order valence-corrected chi connectivity index (χ1v) is 13.1. The number of ether oxygens (including phenoxy) is 3. The average molecular weight is 487 g/mol. The Morgan fingerprint density at radius 3 is 2.83 bits per heavy atom. The number of hydrogen-bond acceptors (Lipinski definition) is 6. The van der Waals surface area contributed by atoms with Crippen LogP contribution in [-0.2, 0) is 32.6 Å². The summed E-state index contributed by atoms with van der Waals surface area (Å²) in [6.45, 7) is 6.14. The number of piperidine rings is 1. The number of amides is 1. The second-order valence-electron chi connectivity index (χ2n) is 11.2. The number of phenolic OH excluding ortho intramolecular Hbond substituents is 1. The van der Waals surface area contributed by atoms with Crippen LogP contribution >= 0.6 is 0 Å². The van der Waals surface area contributed by atoms with Crippen LogP contribution < -0.4 is 4.74 Å². The van der Waals surface area contributed by atoms with E-state index in [4.69, 9.17) is 14.2 Å². The van der Waals surface area contributed by atoms with Gasteiger partial charge in [0.25, 0.3) is 5.91 Å². The maximum atomic E-state index is 14.2. The van der Waals surface area contributed by atoms with E-state index >= 15 is 0 Å². The minimum atomic E-state index is -0.805. The van der Waals surface area contributed by atoms with Crippen molar-refractivity contribution in [1.82, 2.24) is 9.80 Å². The zero-order chi connectivity index (χ0) is 24.3. The van der Waals surface area contributed by atoms with Gasteiger partial charge in [0.1, 0.15) is 6.10 Å². The minimum absolute atomic E-state index is 0.0118. The number of benzene rings is 2. The first-order chi connectivity index (χ1) is 17.6. The van der Waals surface area contributed by atoms with Crippen molar-refractivity contribution in [2.75, 3.05) is 19.9 Å². The molecule has 1 N–H and O–H groups in total. The molecular weight excluding hydrogens is 456 g/mol. The van der Waals surface area contributed by atoms with E-state index in [1.165, 1.54) is 5.56 Å². The highest BCUT2D eigenvalue weighted by Gasteiger charge is 2.84. The third-order valence-electron chi connectivity index (χ3n) is 10.1. The topological polar surface area (TPSA) is 71.5 Å². The van der Waals surface area contributed by atoms with Crippen LogP contribution in [-0.4, -0.2) is 64.2 Å². The highest BCUT2D eigenvalue weighted by atomic mass is 16.7. The molecule has 1 amide bonds. The van der Waals surface area contributed by atoms with Gasteiger partial charge in [-0.1, -0.05) is 42.5 Å². The lowest BCUT2D eigenvalue weighted by Gasteiger charge is -2.66. The van der Waals surface area contributed by atoms with E-state index in [9.17, 15) is 9.90 Å². The van der Waals surface area contributed by atoms with Crippen LogP contribution in [0.3, 0.4) is 0 Å². The zero-order valence-electron chi connectivity index (χ0n) is 20.2. The number of aromatic hydroxyl groups is 1. The van der Waals surface area contributed by atoms with Gasteiger partial charge >= 0.3 is 0 Å². The van der Waals surface area contributed by atoms with E-state index in [-0.39, 0.29) is 30.4 Å². The minimum Gasteiger partial charge on any atom is -0.504 e. The molecule has 6 atom stereocenters. The Morgan fingerprint density at radius 1 is 1.14 bits per heavy atom. The van der Waals surface area contributed by atoms with Crippen molar-refractivity contribution >= 4 is 5.91 Å². The molecule has 5 unspecified atom stereocenters. The first-order valence-electron chi connectivity index (χ1n) is 13.1. The molecule has 8 rings (SSSR count). The Hall–Kier alpha value is -2.87. The molecule has 7 nitrogen and oxygen atoms in total. The van der Waals surface area contributed by atoms with Gasteiger partial charge in [0.15, 0.2) is 24.0 Å². The van der Waals surface area contributed by atoms with Crippen molar-refractivity contribution in [1.29, 1.82) is 0 Å². The Morgan fingerprint density at radius 2 is 2.00 bits per heavy atom. The maximum Gasteiger partial charge on any atom is 0.254 e. The normalized spacial score (nSPS) is 39.4. The van der Waals surface area contributed by atoms with Gasteiger partial charge in [-0.25, -0.2) is 0 Å². The molecular formula is C29H30N2O5. The van der Waals surface area contributed by atoms with E-state index in [1.54, 1.807) is 6.07 Å². The Kier molecular flexibility index (Phi) is 4.08. The predicted molar refractivity (Wildman–Crippen MR) is 130 cm³/mol. The molecule has 5 bridgehead atoms. The van der Waals surface area contributed by atoms with E-state index in [0.29, 0.717) is 18.7 Å². The van der Waals surface area contributed by atoms with Gasteiger partial charge in [0, 0.05) is 30.1 Å². The third kappa shape index (κ3) is 2.21. The molecule has 4 heterocycles. The van der Waals surface area contributed by atoms with Crippen molar-refractivity contribution in [3.63, 3.8) is 0 Å². The number of carbonyl (C=O) groups is 1. The fourth-order valence-corrected chi connectivity index (χ4v) is 9.07. The smallest absolute Gasteiger partial charge is 0.254 e. The van der Waals surface area contributed by atoms with Crippen molar-refractivity contribution in [3.8, 4) is 11.5 Å². The summed E-state index contributed by atoms with van der Waals surface area (Å²) >= 11 is 0. The summed E-state index contributed by atoms with van der Waals surface area (Å²) in [7, 11) is 0. The van der Waals surface area contributed by atoms with Crippen LogP contribution in [0.4, 0.5) is 0 Å².